The molecule has 0 unspecified atom stereocenters. The van der Waals surface area contributed by atoms with Crippen LogP contribution in [-0.2, 0) is 4.79 Å². The second-order valence-electron chi connectivity index (χ2n) is 6.65. The van der Waals surface area contributed by atoms with E-state index < -0.39 is 0 Å². The van der Waals surface area contributed by atoms with Gasteiger partial charge in [0.1, 0.15) is 5.82 Å². The van der Waals surface area contributed by atoms with Crippen molar-refractivity contribution in [2.24, 2.45) is 0 Å². The Morgan fingerprint density at radius 3 is 2.43 bits per heavy atom. The molecule has 0 aliphatic carbocycles. The summed E-state index contributed by atoms with van der Waals surface area (Å²) in [6.07, 6.45) is 0.397. The van der Waals surface area contributed by atoms with Crippen molar-refractivity contribution in [2.45, 2.75) is 6.42 Å². The van der Waals surface area contributed by atoms with E-state index in [1.807, 2.05) is 12.1 Å². The van der Waals surface area contributed by atoms with E-state index in [0.717, 1.165) is 26.2 Å². The second-order valence-corrected chi connectivity index (χ2v) is 6.65. The van der Waals surface area contributed by atoms with Crippen LogP contribution in [0.3, 0.4) is 0 Å². The predicted molar refractivity (Wildman–Crippen MR) is 108 cm³/mol. The molecule has 28 heavy (non-hydrogen) atoms. The molecule has 6 nitrogen and oxygen atoms in total. The Hall–Kier alpha value is -2.80. The Kier molecular flexibility index (Phi) is 6.71. The minimum absolute atomic E-state index is 0.0521. The largest absolute Gasteiger partial charge is 0.493 e. The first-order valence-electron chi connectivity index (χ1n) is 9.34. The van der Waals surface area contributed by atoms with Gasteiger partial charge in [-0.25, -0.2) is 4.39 Å². The summed E-state index contributed by atoms with van der Waals surface area (Å²) in [5.41, 5.74) is 1.32. The van der Waals surface area contributed by atoms with Gasteiger partial charge in [0.25, 0.3) is 0 Å². The number of amides is 1. The summed E-state index contributed by atoms with van der Waals surface area (Å²) in [6.45, 7) is 3.77. The first-order chi connectivity index (χ1) is 13.6. The Morgan fingerprint density at radius 2 is 1.75 bits per heavy atom. The maximum atomic E-state index is 13.9. The van der Waals surface area contributed by atoms with E-state index >= 15 is 0 Å². The van der Waals surface area contributed by atoms with E-state index in [-0.39, 0.29) is 11.7 Å². The standard InChI is InChI=1S/C21H26FN3O3/c1-27-19-8-7-16(15-20(19)28-2)23-21(26)9-10-24-11-13-25(14-12-24)18-6-4-3-5-17(18)22/h3-8,15H,9-14H2,1-2H3,(H,23,26). The van der Waals surface area contributed by atoms with Crippen molar-refractivity contribution < 1.29 is 18.7 Å². The Balaban J connectivity index is 1.45. The van der Waals surface area contributed by atoms with Gasteiger partial charge in [-0.15, -0.1) is 0 Å². The van der Waals surface area contributed by atoms with E-state index in [9.17, 15) is 9.18 Å². The van der Waals surface area contributed by atoms with Crippen LogP contribution in [0.2, 0.25) is 0 Å². The van der Waals surface area contributed by atoms with Crippen LogP contribution in [0.1, 0.15) is 6.42 Å². The molecule has 1 amide bonds. The minimum atomic E-state index is -0.190. The molecular weight excluding hydrogens is 361 g/mol. The fourth-order valence-electron chi connectivity index (χ4n) is 3.32. The predicted octanol–water partition coefficient (Wildman–Crippen LogP) is 2.99. The highest BCUT2D eigenvalue weighted by atomic mass is 19.1. The molecule has 1 N–H and O–H groups in total. The average Bonchev–Trinajstić information content (AvgIpc) is 2.73. The highest BCUT2D eigenvalue weighted by Crippen LogP contribution is 2.29. The van der Waals surface area contributed by atoms with Crippen molar-refractivity contribution in [3.05, 3.63) is 48.3 Å². The molecule has 1 saturated heterocycles. The summed E-state index contributed by atoms with van der Waals surface area (Å²) in [7, 11) is 3.13. The fraction of sp³-hybridized carbons (Fsp3) is 0.381. The third-order valence-electron chi connectivity index (χ3n) is 4.89. The molecule has 1 heterocycles. The summed E-state index contributed by atoms with van der Waals surface area (Å²) in [4.78, 5) is 16.5. The van der Waals surface area contributed by atoms with E-state index in [1.54, 1.807) is 38.5 Å². The zero-order valence-corrected chi connectivity index (χ0v) is 16.3. The Bertz CT molecular complexity index is 807. The number of carbonyl (C=O) groups is 1. The van der Waals surface area contributed by atoms with Crippen LogP contribution in [0, 0.1) is 5.82 Å². The van der Waals surface area contributed by atoms with Crippen molar-refractivity contribution in [2.75, 3.05) is 57.2 Å². The average molecular weight is 387 g/mol. The number of anilines is 2. The monoisotopic (exact) mass is 387 g/mol. The third kappa shape index (κ3) is 4.92. The summed E-state index contributed by atoms with van der Waals surface area (Å²) in [5, 5.41) is 2.89. The van der Waals surface area contributed by atoms with Crippen molar-refractivity contribution in [3.8, 4) is 11.5 Å². The number of nitrogens with one attached hydrogen (secondary N) is 1. The lowest BCUT2D eigenvalue weighted by atomic mass is 10.2. The lowest BCUT2D eigenvalue weighted by Gasteiger charge is -2.36. The number of rotatable bonds is 7. The number of ether oxygens (including phenoxy) is 2. The number of hydrogen-bond acceptors (Lipinski definition) is 5. The molecule has 2 aromatic rings. The van der Waals surface area contributed by atoms with Gasteiger partial charge >= 0.3 is 0 Å². The number of piperazine rings is 1. The van der Waals surface area contributed by atoms with Gasteiger partial charge in [-0.2, -0.15) is 0 Å². The Labute approximate surface area is 164 Å². The molecule has 1 aliphatic rings. The summed E-state index contributed by atoms with van der Waals surface area (Å²) in [6, 6.07) is 12.1. The maximum absolute atomic E-state index is 13.9. The highest BCUT2D eigenvalue weighted by molar-refractivity contribution is 5.91. The van der Waals surface area contributed by atoms with Gasteiger partial charge in [0, 0.05) is 50.9 Å². The molecule has 150 valence electrons. The number of benzene rings is 2. The number of halogens is 1. The molecule has 0 bridgehead atoms. The van der Waals surface area contributed by atoms with Gasteiger partial charge in [-0.3, -0.25) is 9.69 Å². The number of nitrogens with zero attached hydrogens (tertiary/aromatic N) is 2. The van der Waals surface area contributed by atoms with Gasteiger partial charge in [0.15, 0.2) is 11.5 Å². The first-order valence-corrected chi connectivity index (χ1v) is 9.34. The fourth-order valence-corrected chi connectivity index (χ4v) is 3.32. The van der Waals surface area contributed by atoms with Crippen LogP contribution in [0.4, 0.5) is 15.8 Å². The SMILES string of the molecule is COc1ccc(NC(=O)CCN2CCN(c3ccccc3F)CC2)cc1OC. The lowest BCUT2D eigenvalue weighted by molar-refractivity contribution is -0.116. The van der Waals surface area contributed by atoms with E-state index in [2.05, 4.69) is 15.1 Å². The van der Waals surface area contributed by atoms with Crippen molar-refractivity contribution in [3.63, 3.8) is 0 Å². The Morgan fingerprint density at radius 1 is 1.04 bits per heavy atom. The van der Waals surface area contributed by atoms with Gasteiger partial charge < -0.3 is 19.7 Å². The summed E-state index contributed by atoms with van der Waals surface area (Å²) in [5.74, 6) is 0.951. The van der Waals surface area contributed by atoms with Crippen molar-refractivity contribution in [1.29, 1.82) is 0 Å². The lowest BCUT2D eigenvalue weighted by Crippen LogP contribution is -2.47. The minimum Gasteiger partial charge on any atom is -0.493 e. The third-order valence-corrected chi connectivity index (χ3v) is 4.89. The topological polar surface area (TPSA) is 54.0 Å². The van der Waals surface area contributed by atoms with E-state index in [0.29, 0.717) is 35.8 Å². The molecule has 2 aromatic carbocycles. The second kappa shape index (κ2) is 9.41. The molecule has 0 aromatic heterocycles. The van der Waals surface area contributed by atoms with Crippen LogP contribution in [0.5, 0.6) is 11.5 Å². The molecule has 0 radical (unpaired) electrons. The van der Waals surface area contributed by atoms with E-state index in [1.165, 1.54) is 6.07 Å². The van der Waals surface area contributed by atoms with Gasteiger partial charge in [0.2, 0.25) is 5.91 Å². The molecule has 1 aliphatic heterocycles. The number of para-hydroxylation sites is 1. The van der Waals surface area contributed by atoms with Crippen molar-refractivity contribution >= 4 is 17.3 Å². The van der Waals surface area contributed by atoms with Crippen molar-refractivity contribution in [1.82, 2.24) is 4.90 Å². The quantitative estimate of drug-likeness (QED) is 0.792. The van der Waals surface area contributed by atoms with Crippen LogP contribution in [-0.4, -0.2) is 57.8 Å². The molecule has 3 rings (SSSR count). The molecule has 0 spiro atoms. The summed E-state index contributed by atoms with van der Waals surface area (Å²) < 4.78 is 24.4. The number of hydrogen-bond donors (Lipinski definition) is 1. The smallest absolute Gasteiger partial charge is 0.225 e. The van der Waals surface area contributed by atoms with Gasteiger partial charge in [-0.1, -0.05) is 12.1 Å². The molecule has 0 saturated carbocycles. The van der Waals surface area contributed by atoms with Gasteiger partial charge in [0.05, 0.1) is 19.9 Å². The van der Waals surface area contributed by atoms with Crippen LogP contribution in [0.15, 0.2) is 42.5 Å². The van der Waals surface area contributed by atoms with E-state index in [4.69, 9.17) is 9.47 Å². The normalized spacial score (nSPS) is 14.6. The molecule has 0 atom stereocenters. The zero-order valence-electron chi connectivity index (χ0n) is 16.3. The molecule has 7 heteroatoms. The molecular formula is C21H26FN3O3. The van der Waals surface area contributed by atoms with Crippen LogP contribution >= 0.6 is 0 Å². The maximum Gasteiger partial charge on any atom is 0.225 e. The highest BCUT2D eigenvalue weighted by Gasteiger charge is 2.19. The first kappa shape index (κ1) is 19.9. The van der Waals surface area contributed by atoms with Crippen LogP contribution in [0.25, 0.3) is 0 Å². The van der Waals surface area contributed by atoms with Crippen LogP contribution < -0.4 is 19.7 Å². The number of carbonyl (C=O) groups excluding carboxylic acids is 1. The molecule has 1 fully saturated rings. The summed E-state index contributed by atoms with van der Waals surface area (Å²) >= 11 is 0. The number of methoxy groups -OCH3 is 2. The van der Waals surface area contributed by atoms with Gasteiger partial charge in [-0.05, 0) is 24.3 Å². The zero-order chi connectivity index (χ0) is 19.9.